The number of carbonyl (C=O) groups is 1. The lowest BCUT2D eigenvalue weighted by atomic mass is 10.2. The lowest BCUT2D eigenvalue weighted by Gasteiger charge is -2.01. The van der Waals surface area contributed by atoms with Crippen LogP contribution in [0.15, 0.2) is 34.6 Å². The molecule has 0 radical (unpaired) electrons. The van der Waals surface area contributed by atoms with Gasteiger partial charge < -0.3 is 9.52 Å². The minimum atomic E-state index is -1.04. The molecular weight excluding hydrogens is 230 g/mol. The first-order valence-corrected chi connectivity index (χ1v) is 5.30. The van der Waals surface area contributed by atoms with Crippen molar-refractivity contribution in [3.8, 4) is 0 Å². The maximum absolute atomic E-state index is 10.9. The Morgan fingerprint density at radius 1 is 1.50 bits per heavy atom. The summed E-state index contributed by atoms with van der Waals surface area (Å²) >= 11 is 1.28. The van der Waals surface area contributed by atoms with E-state index in [-0.39, 0.29) is 5.56 Å². The topological polar surface area (TPSA) is 89.1 Å². The number of nitrogens with zero attached hydrogens (tertiary/aromatic N) is 3. The first kappa shape index (κ1) is 10.6. The summed E-state index contributed by atoms with van der Waals surface area (Å²) in [6.07, 6.45) is 5.58. The number of thioether (sulfide) groups is 1. The fourth-order valence-corrected chi connectivity index (χ4v) is 1.81. The molecule has 6 nitrogen and oxygen atoms in total. The SMILES string of the molecule is O=C(O)c1cncnc1CSc1ncco1. The molecule has 0 aromatic carbocycles. The fraction of sp³-hybridized carbons (Fsp3) is 0.111. The second kappa shape index (κ2) is 4.75. The molecule has 0 aliphatic carbocycles. The van der Waals surface area contributed by atoms with Crippen molar-refractivity contribution in [1.82, 2.24) is 15.0 Å². The Labute approximate surface area is 94.8 Å². The van der Waals surface area contributed by atoms with Crippen LogP contribution in [0, 0.1) is 0 Å². The highest BCUT2D eigenvalue weighted by Crippen LogP contribution is 2.21. The summed E-state index contributed by atoms with van der Waals surface area (Å²) in [5.41, 5.74) is 0.548. The number of hydrogen-bond donors (Lipinski definition) is 1. The van der Waals surface area contributed by atoms with Crippen LogP contribution in [0.1, 0.15) is 16.1 Å². The zero-order valence-electron chi connectivity index (χ0n) is 8.03. The molecular formula is C9H7N3O3S. The lowest BCUT2D eigenvalue weighted by Crippen LogP contribution is -2.04. The van der Waals surface area contributed by atoms with Crippen molar-refractivity contribution >= 4 is 17.7 Å². The van der Waals surface area contributed by atoms with E-state index < -0.39 is 5.97 Å². The quantitative estimate of drug-likeness (QED) is 0.805. The summed E-state index contributed by atoms with van der Waals surface area (Å²) in [6, 6.07) is 0. The monoisotopic (exact) mass is 237 g/mol. The van der Waals surface area contributed by atoms with E-state index in [4.69, 9.17) is 9.52 Å². The Kier molecular flexibility index (Phi) is 3.16. The van der Waals surface area contributed by atoms with Gasteiger partial charge >= 0.3 is 5.97 Å². The van der Waals surface area contributed by atoms with Crippen molar-refractivity contribution in [3.05, 3.63) is 36.2 Å². The second-order valence-electron chi connectivity index (χ2n) is 2.77. The fourth-order valence-electron chi connectivity index (χ4n) is 1.06. The summed E-state index contributed by atoms with van der Waals surface area (Å²) in [7, 11) is 0. The molecule has 1 N–H and O–H groups in total. The van der Waals surface area contributed by atoms with E-state index in [1.165, 1.54) is 36.7 Å². The molecule has 2 heterocycles. The minimum Gasteiger partial charge on any atom is -0.478 e. The number of oxazole rings is 1. The van der Waals surface area contributed by atoms with Gasteiger partial charge in [-0.3, -0.25) is 0 Å². The summed E-state index contributed by atoms with van der Waals surface area (Å²) in [5.74, 6) is -0.659. The van der Waals surface area contributed by atoms with Crippen molar-refractivity contribution < 1.29 is 14.3 Å². The van der Waals surface area contributed by atoms with E-state index in [1.807, 2.05) is 0 Å². The Hall–Kier alpha value is -1.89. The number of aromatic nitrogens is 3. The van der Waals surface area contributed by atoms with Gasteiger partial charge in [-0.2, -0.15) is 0 Å². The molecule has 0 atom stereocenters. The first-order chi connectivity index (χ1) is 7.77. The average Bonchev–Trinajstić information content (AvgIpc) is 2.79. The Balaban J connectivity index is 2.12. The van der Waals surface area contributed by atoms with Gasteiger partial charge in [-0.15, -0.1) is 0 Å². The van der Waals surface area contributed by atoms with Crippen molar-refractivity contribution in [2.24, 2.45) is 0 Å². The van der Waals surface area contributed by atoms with Gasteiger partial charge in [0.1, 0.15) is 18.2 Å². The highest BCUT2D eigenvalue weighted by atomic mass is 32.2. The van der Waals surface area contributed by atoms with E-state index in [0.29, 0.717) is 16.7 Å². The van der Waals surface area contributed by atoms with Gasteiger partial charge in [-0.1, -0.05) is 11.8 Å². The van der Waals surface area contributed by atoms with Crippen LogP contribution in [0.3, 0.4) is 0 Å². The van der Waals surface area contributed by atoms with Gasteiger partial charge in [-0.05, 0) is 0 Å². The van der Waals surface area contributed by atoms with Gasteiger partial charge in [0.2, 0.25) is 0 Å². The molecule has 7 heteroatoms. The normalized spacial score (nSPS) is 10.2. The van der Waals surface area contributed by atoms with Gasteiger partial charge in [0.25, 0.3) is 5.22 Å². The molecule has 2 aromatic heterocycles. The molecule has 0 bridgehead atoms. The van der Waals surface area contributed by atoms with Crippen LogP contribution < -0.4 is 0 Å². The molecule has 0 fully saturated rings. The number of aromatic carboxylic acids is 1. The summed E-state index contributed by atoms with van der Waals surface area (Å²) in [4.78, 5) is 22.4. The average molecular weight is 237 g/mol. The third kappa shape index (κ3) is 2.37. The Morgan fingerprint density at radius 3 is 3.06 bits per heavy atom. The van der Waals surface area contributed by atoms with Gasteiger partial charge in [0.05, 0.1) is 11.9 Å². The number of carboxylic acids is 1. The molecule has 0 saturated heterocycles. The van der Waals surface area contributed by atoms with E-state index in [9.17, 15) is 4.79 Å². The largest absolute Gasteiger partial charge is 0.478 e. The minimum absolute atomic E-state index is 0.0987. The maximum Gasteiger partial charge on any atom is 0.339 e. The Bertz CT molecular complexity index is 487. The molecule has 2 aromatic rings. The van der Waals surface area contributed by atoms with Crippen molar-refractivity contribution in [3.63, 3.8) is 0 Å². The standard InChI is InChI=1S/C9H7N3O3S/c13-8(14)6-3-10-5-12-7(6)4-16-9-11-1-2-15-9/h1-3,5H,4H2,(H,13,14). The van der Waals surface area contributed by atoms with Crippen molar-refractivity contribution in [1.29, 1.82) is 0 Å². The number of carboxylic acid groups (broad SMARTS) is 1. The van der Waals surface area contributed by atoms with Crippen LogP contribution in [0.5, 0.6) is 0 Å². The predicted octanol–water partition coefficient (Wildman–Crippen LogP) is 1.46. The molecule has 0 aliphatic rings. The molecule has 2 rings (SSSR count). The third-order valence-corrected chi connectivity index (χ3v) is 2.63. The molecule has 0 aliphatic heterocycles. The van der Waals surface area contributed by atoms with Crippen molar-refractivity contribution in [2.45, 2.75) is 11.0 Å². The van der Waals surface area contributed by atoms with Crippen LogP contribution in [0.25, 0.3) is 0 Å². The summed E-state index contributed by atoms with van der Waals surface area (Å²) < 4.78 is 5.02. The zero-order valence-corrected chi connectivity index (χ0v) is 8.85. The van der Waals surface area contributed by atoms with Gasteiger partial charge in [-0.25, -0.2) is 19.7 Å². The first-order valence-electron chi connectivity index (χ1n) is 4.32. The molecule has 82 valence electrons. The summed E-state index contributed by atoms with van der Waals surface area (Å²) in [6.45, 7) is 0. The molecule has 0 saturated carbocycles. The van der Waals surface area contributed by atoms with Crippen LogP contribution in [0.2, 0.25) is 0 Å². The smallest absolute Gasteiger partial charge is 0.339 e. The molecule has 0 unspecified atom stereocenters. The van der Waals surface area contributed by atoms with Crippen LogP contribution >= 0.6 is 11.8 Å². The molecule has 0 amide bonds. The van der Waals surface area contributed by atoms with Crippen molar-refractivity contribution in [2.75, 3.05) is 0 Å². The van der Waals surface area contributed by atoms with Gasteiger partial charge in [0, 0.05) is 11.9 Å². The highest BCUT2D eigenvalue weighted by molar-refractivity contribution is 7.98. The van der Waals surface area contributed by atoms with E-state index in [2.05, 4.69) is 15.0 Å². The van der Waals surface area contributed by atoms with E-state index in [1.54, 1.807) is 0 Å². The van der Waals surface area contributed by atoms with Gasteiger partial charge in [0.15, 0.2) is 0 Å². The van der Waals surface area contributed by atoms with E-state index >= 15 is 0 Å². The number of rotatable bonds is 4. The lowest BCUT2D eigenvalue weighted by molar-refractivity contribution is 0.0695. The summed E-state index contributed by atoms with van der Waals surface area (Å²) in [5, 5.41) is 9.38. The van der Waals surface area contributed by atoms with E-state index in [0.717, 1.165) is 0 Å². The predicted molar refractivity (Wildman–Crippen MR) is 55.1 cm³/mol. The highest BCUT2D eigenvalue weighted by Gasteiger charge is 2.12. The van der Waals surface area contributed by atoms with Crippen LogP contribution in [0.4, 0.5) is 0 Å². The van der Waals surface area contributed by atoms with Crippen LogP contribution in [-0.2, 0) is 5.75 Å². The zero-order chi connectivity index (χ0) is 11.4. The molecule has 0 spiro atoms. The maximum atomic E-state index is 10.9. The van der Waals surface area contributed by atoms with Crippen LogP contribution in [-0.4, -0.2) is 26.0 Å². The third-order valence-electron chi connectivity index (χ3n) is 1.77. The number of hydrogen-bond acceptors (Lipinski definition) is 6. The second-order valence-corrected chi connectivity index (χ2v) is 3.70. The Morgan fingerprint density at radius 2 is 2.38 bits per heavy atom. The molecule has 16 heavy (non-hydrogen) atoms.